The fourth-order valence-electron chi connectivity index (χ4n) is 1.06. The molecule has 1 heterocycles. The second-order valence-corrected chi connectivity index (χ2v) is 3.83. The maximum Gasteiger partial charge on any atom is 0.243 e. The van der Waals surface area contributed by atoms with E-state index >= 15 is 0 Å². The van der Waals surface area contributed by atoms with E-state index in [-0.39, 0.29) is 12.6 Å². The minimum Gasteiger partial charge on any atom is -0.370 e. The highest BCUT2D eigenvalue weighted by Gasteiger charge is 2.05. The van der Waals surface area contributed by atoms with Crippen LogP contribution in [0.15, 0.2) is 10.9 Å². The smallest absolute Gasteiger partial charge is 0.243 e. The number of aromatic nitrogens is 1. The summed E-state index contributed by atoms with van der Waals surface area (Å²) in [5, 5.41) is 5.23. The molecule has 1 aromatic rings. The van der Waals surface area contributed by atoms with Crippen LogP contribution in [-0.4, -0.2) is 30.6 Å². The molecule has 15 heavy (non-hydrogen) atoms. The van der Waals surface area contributed by atoms with Gasteiger partial charge in [-0.05, 0) is 6.92 Å². The Hall–Kier alpha value is -0.980. The zero-order chi connectivity index (χ0) is 11.1. The number of carbonyl (C=O) groups is 1. The largest absolute Gasteiger partial charge is 0.370 e. The number of nitrogens with one attached hydrogen (secondary N) is 1. The fraction of sp³-hybridized carbons (Fsp3) is 0.556. The van der Waals surface area contributed by atoms with E-state index in [0.717, 1.165) is 5.69 Å². The quantitative estimate of drug-likeness (QED) is 0.659. The summed E-state index contributed by atoms with van der Waals surface area (Å²) >= 11 is 1.57. The molecule has 0 aliphatic rings. The number of thiazole rings is 1. The van der Waals surface area contributed by atoms with E-state index < -0.39 is 5.91 Å². The molecule has 0 radical (unpaired) electrons. The molecule has 1 atom stereocenters. The number of ether oxygens (including phenoxy) is 1. The van der Waals surface area contributed by atoms with Gasteiger partial charge in [0.05, 0.1) is 17.8 Å². The maximum atomic E-state index is 10.4. The first-order valence-corrected chi connectivity index (χ1v) is 5.62. The van der Waals surface area contributed by atoms with Crippen molar-refractivity contribution in [2.45, 2.75) is 13.0 Å². The van der Waals surface area contributed by atoms with Crippen LogP contribution < -0.4 is 11.1 Å². The van der Waals surface area contributed by atoms with Crippen molar-refractivity contribution < 1.29 is 9.53 Å². The molecule has 0 aliphatic heterocycles. The van der Waals surface area contributed by atoms with E-state index in [2.05, 4.69) is 10.3 Å². The SMILES string of the molecule is CC(NCCOCC(N)=O)c1cscn1. The maximum absolute atomic E-state index is 10.4. The third-order valence-electron chi connectivity index (χ3n) is 1.84. The highest BCUT2D eigenvalue weighted by molar-refractivity contribution is 7.07. The molecular formula is C9H15N3O2S. The predicted octanol–water partition coefficient (Wildman–Crippen LogP) is 0.296. The summed E-state index contributed by atoms with van der Waals surface area (Å²) in [4.78, 5) is 14.5. The van der Waals surface area contributed by atoms with Gasteiger partial charge in [-0.25, -0.2) is 4.98 Å². The summed E-state index contributed by atoms with van der Waals surface area (Å²) in [6.07, 6.45) is 0. The molecule has 1 aromatic heterocycles. The van der Waals surface area contributed by atoms with Crippen LogP contribution in [0.4, 0.5) is 0 Å². The number of nitrogens with two attached hydrogens (primary N) is 1. The first-order valence-electron chi connectivity index (χ1n) is 4.67. The van der Waals surface area contributed by atoms with Gasteiger partial charge in [0.25, 0.3) is 0 Å². The average Bonchev–Trinajstić information content (AvgIpc) is 2.69. The Morgan fingerprint density at radius 1 is 1.80 bits per heavy atom. The summed E-state index contributed by atoms with van der Waals surface area (Å²) in [5.41, 5.74) is 7.74. The minimum absolute atomic E-state index is 0.0211. The summed E-state index contributed by atoms with van der Waals surface area (Å²) in [6.45, 7) is 3.15. The zero-order valence-corrected chi connectivity index (χ0v) is 9.42. The monoisotopic (exact) mass is 229 g/mol. The Bertz CT molecular complexity index is 290. The lowest BCUT2D eigenvalue weighted by atomic mass is 10.2. The predicted molar refractivity (Wildman–Crippen MR) is 58.5 cm³/mol. The van der Waals surface area contributed by atoms with Crippen LogP contribution in [-0.2, 0) is 9.53 Å². The number of rotatable bonds is 7. The third kappa shape index (κ3) is 4.87. The topological polar surface area (TPSA) is 77.2 Å². The second kappa shape index (κ2) is 6.49. The van der Waals surface area contributed by atoms with Gasteiger partial charge in [-0.3, -0.25) is 4.79 Å². The molecule has 1 amide bonds. The molecule has 0 spiro atoms. The van der Waals surface area contributed by atoms with Crippen molar-refractivity contribution in [3.63, 3.8) is 0 Å². The van der Waals surface area contributed by atoms with Crippen LogP contribution in [0.3, 0.4) is 0 Å². The summed E-state index contributed by atoms with van der Waals surface area (Å²) in [6, 6.07) is 0.202. The number of amides is 1. The lowest BCUT2D eigenvalue weighted by Crippen LogP contribution is -2.26. The number of primary amides is 1. The zero-order valence-electron chi connectivity index (χ0n) is 8.60. The molecular weight excluding hydrogens is 214 g/mol. The summed E-state index contributed by atoms with van der Waals surface area (Å²) in [5.74, 6) is -0.442. The van der Waals surface area contributed by atoms with Gasteiger partial charge in [0, 0.05) is 18.0 Å². The van der Waals surface area contributed by atoms with Gasteiger partial charge in [0.2, 0.25) is 5.91 Å². The number of hydrogen-bond acceptors (Lipinski definition) is 5. The highest BCUT2D eigenvalue weighted by Crippen LogP contribution is 2.10. The van der Waals surface area contributed by atoms with Crippen LogP contribution >= 0.6 is 11.3 Å². The third-order valence-corrected chi connectivity index (χ3v) is 2.44. The normalized spacial score (nSPS) is 12.6. The minimum atomic E-state index is -0.442. The van der Waals surface area contributed by atoms with Crippen molar-refractivity contribution in [1.82, 2.24) is 10.3 Å². The van der Waals surface area contributed by atoms with Crippen molar-refractivity contribution in [3.8, 4) is 0 Å². The molecule has 0 aliphatic carbocycles. The van der Waals surface area contributed by atoms with Gasteiger partial charge in [0.15, 0.2) is 0 Å². The van der Waals surface area contributed by atoms with E-state index in [9.17, 15) is 4.79 Å². The molecule has 1 unspecified atom stereocenters. The van der Waals surface area contributed by atoms with Gasteiger partial charge in [-0.1, -0.05) is 0 Å². The van der Waals surface area contributed by atoms with Crippen LogP contribution in [0.1, 0.15) is 18.7 Å². The average molecular weight is 229 g/mol. The van der Waals surface area contributed by atoms with Gasteiger partial charge in [-0.2, -0.15) is 0 Å². The lowest BCUT2D eigenvalue weighted by molar-refractivity contribution is -0.122. The summed E-state index contributed by atoms with van der Waals surface area (Å²) < 4.78 is 5.01. The summed E-state index contributed by atoms with van der Waals surface area (Å²) in [7, 11) is 0. The lowest BCUT2D eigenvalue weighted by Gasteiger charge is -2.10. The molecule has 84 valence electrons. The Morgan fingerprint density at radius 3 is 3.20 bits per heavy atom. The van der Waals surface area contributed by atoms with Gasteiger partial charge < -0.3 is 15.8 Å². The first kappa shape index (κ1) is 12.1. The molecule has 3 N–H and O–H groups in total. The van der Waals surface area contributed by atoms with E-state index in [1.54, 1.807) is 16.8 Å². The van der Waals surface area contributed by atoms with Crippen molar-refractivity contribution in [2.75, 3.05) is 19.8 Å². The molecule has 1 rings (SSSR count). The standard InChI is InChI=1S/C9H15N3O2S/c1-7(8-5-15-6-12-8)11-2-3-14-4-9(10)13/h5-7,11H,2-4H2,1H3,(H2,10,13). The first-order chi connectivity index (χ1) is 7.20. The van der Waals surface area contributed by atoms with Crippen molar-refractivity contribution in [1.29, 1.82) is 0 Å². The highest BCUT2D eigenvalue weighted by atomic mass is 32.1. The number of carbonyl (C=O) groups excluding carboxylic acids is 1. The van der Waals surface area contributed by atoms with Crippen molar-refractivity contribution >= 4 is 17.2 Å². The number of nitrogens with zero attached hydrogens (tertiary/aromatic N) is 1. The second-order valence-electron chi connectivity index (χ2n) is 3.11. The van der Waals surface area contributed by atoms with E-state index in [4.69, 9.17) is 10.5 Å². The van der Waals surface area contributed by atoms with Crippen LogP contribution in [0.2, 0.25) is 0 Å². The molecule has 6 heteroatoms. The molecule has 5 nitrogen and oxygen atoms in total. The Morgan fingerprint density at radius 2 is 2.60 bits per heavy atom. The van der Waals surface area contributed by atoms with E-state index in [0.29, 0.717) is 13.2 Å². The molecule has 0 saturated carbocycles. The Balaban J connectivity index is 2.08. The van der Waals surface area contributed by atoms with Crippen molar-refractivity contribution in [3.05, 3.63) is 16.6 Å². The number of hydrogen-bond donors (Lipinski definition) is 2. The van der Waals surface area contributed by atoms with Crippen LogP contribution in [0.25, 0.3) is 0 Å². The van der Waals surface area contributed by atoms with Gasteiger partial charge in [-0.15, -0.1) is 11.3 Å². The van der Waals surface area contributed by atoms with Crippen molar-refractivity contribution in [2.24, 2.45) is 5.73 Å². The van der Waals surface area contributed by atoms with Gasteiger partial charge in [0.1, 0.15) is 6.61 Å². The Labute approximate surface area is 92.6 Å². The molecule has 0 bridgehead atoms. The fourth-order valence-corrected chi connectivity index (χ4v) is 1.71. The van der Waals surface area contributed by atoms with E-state index in [1.165, 1.54) is 0 Å². The Kier molecular flexibility index (Phi) is 5.23. The molecule has 0 aromatic carbocycles. The van der Waals surface area contributed by atoms with Crippen LogP contribution in [0, 0.1) is 0 Å². The van der Waals surface area contributed by atoms with E-state index in [1.807, 2.05) is 12.3 Å². The van der Waals surface area contributed by atoms with Gasteiger partial charge >= 0.3 is 0 Å². The molecule has 0 saturated heterocycles. The molecule has 0 fully saturated rings. The van der Waals surface area contributed by atoms with Crippen LogP contribution in [0.5, 0.6) is 0 Å².